The molecule has 0 atom stereocenters. The third-order valence-corrected chi connectivity index (χ3v) is 2.43. The second-order valence-electron chi connectivity index (χ2n) is 4.77. The number of amides is 1. The Morgan fingerprint density at radius 3 is 2.81 bits per heavy atom. The standard InChI is InChI=1S/C12H24N2O2/c1-10(2)14-12(15)8-13-6-3-7-16-9-11-4-5-11/h10-11,13H,3-9H2,1-2H3,(H,14,15). The zero-order chi connectivity index (χ0) is 11.8. The average Bonchev–Trinajstić information content (AvgIpc) is 2.99. The molecule has 0 aromatic carbocycles. The van der Waals surface area contributed by atoms with E-state index < -0.39 is 0 Å². The fraction of sp³-hybridized carbons (Fsp3) is 0.917. The molecule has 94 valence electrons. The minimum atomic E-state index is 0.0638. The Balaban J connectivity index is 1.77. The van der Waals surface area contributed by atoms with Crippen molar-refractivity contribution in [1.29, 1.82) is 0 Å². The molecular formula is C12H24N2O2. The van der Waals surface area contributed by atoms with Crippen molar-refractivity contribution < 1.29 is 9.53 Å². The van der Waals surface area contributed by atoms with E-state index in [0.717, 1.165) is 32.1 Å². The zero-order valence-electron chi connectivity index (χ0n) is 10.4. The number of hydrogen-bond donors (Lipinski definition) is 2. The molecule has 0 radical (unpaired) electrons. The van der Waals surface area contributed by atoms with E-state index in [-0.39, 0.29) is 11.9 Å². The van der Waals surface area contributed by atoms with E-state index in [2.05, 4.69) is 10.6 Å². The molecule has 1 fully saturated rings. The smallest absolute Gasteiger partial charge is 0.234 e. The van der Waals surface area contributed by atoms with E-state index in [1.165, 1.54) is 12.8 Å². The summed E-state index contributed by atoms with van der Waals surface area (Å²) in [6.45, 7) is 6.90. The predicted octanol–water partition coefficient (Wildman–Crippen LogP) is 0.917. The van der Waals surface area contributed by atoms with E-state index >= 15 is 0 Å². The quantitative estimate of drug-likeness (QED) is 0.577. The minimum absolute atomic E-state index is 0.0638. The van der Waals surface area contributed by atoms with Crippen LogP contribution in [0.5, 0.6) is 0 Å². The molecular weight excluding hydrogens is 204 g/mol. The van der Waals surface area contributed by atoms with E-state index in [0.29, 0.717) is 6.54 Å². The second-order valence-corrected chi connectivity index (χ2v) is 4.77. The summed E-state index contributed by atoms with van der Waals surface area (Å²) in [6, 6.07) is 0.219. The maximum Gasteiger partial charge on any atom is 0.234 e. The van der Waals surface area contributed by atoms with Gasteiger partial charge in [0.1, 0.15) is 0 Å². The molecule has 0 unspecified atom stereocenters. The maximum absolute atomic E-state index is 11.2. The van der Waals surface area contributed by atoms with Gasteiger partial charge in [0, 0.05) is 19.3 Å². The molecule has 0 saturated heterocycles. The van der Waals surface area contributed by atoms with Gasteiger partial charge in [-0.15, -0.1) is 0 Å². The molecule has 0 bridgehead atoms. The Morgan fingerprint density at radius 2 is 2.19 bits per heavy atom. The zero-order valence-corrected chi connectivity index (χ0v) is 10.4. The molecule has 0 aliphatic heterocycles. The Bertz CT molecular complexity index is 203. The fourth-order valence-corrected chi connectivity index (χ4v) is 1.41. The first-order valence-corrected chi connectivity index (χ1v) is 6.26. The SMILES string of the molecule is CC(C)NC(=O)CNCCCOCC1CC1. The third kappa shape index (κ3) is 7.65. The van der Waals surface area contributed by atoms with Crippen LogP contribution in [0.3, 0.4) is 0 Å². The van der Waals surface area contributed by atoms with Crippen molar-refractivity contribution >= 4 is 5.91 Å². The molecule has 0 aromatic rings. The maximum atomic E-state index is 11.2. The van der Waals surface area contributed by atoms with Crippen molar-refractivity contribution in [2.24, 2.45) is 5.92 Å². The van der Waals surface area contributed by atoms with Gasteiger partial charge in [-0.1, -0.05) is 0 Å². The lowest BCUT2D eigenvalue weighted by molar-refractivity contribution is -0.120. The first-order chi connectivity index (χ1) is 7.68. The lowest BCUT2D eigenvalue weighted by Crippen LogP contribution is -2.38. The summed E-state index contributed by atoms with van der Waals surface area (Å²) in [6.07, 6.45) is 3.66. The van der Waals surface area contributed by atoms with Gasteiger partial charge in [0.15, 0.2) is 0 Å². The summed E-state index contributed by atoms with van der Waals surface area (Å²) < 4.78 is 5.49. The number of nitrogens with one attached hydrogen (secondary N) is 2. The number of ether oxygens (including phenoxy) is 1. The summed E-state index contributed by atoms with van der Waals surface area (Å²) in [5.41, 5.74) is 0. The van der Waals surface area contributed by atoms with Gasteiger partial charge in [-0.05, 0) is 45.6 Å². The Morgan fingerprint density at radius 1 is 1.44 bits per heavy atom. The van der Waals surface area contributed by atoms with E-state index in [4.69, 9.17) is 4.74 Å². The summed E-state index contributed by atoms with van der Waals surface area (Å²) in [4.78, 5) is 11.2. The van der Waals surface area contributed by atoms with Crippen LogP contribution in [-0.4, -0.2) is 38.3 Å². The monoisotopic (exact) mass is 228 g/mol. The van der Waals surface area contributed by atoms with Gasteiger partial charge in [0.2, 0.25) is 5.91 Å². The van der Waals surface area contributed by atoms with Crippen molar-refractivity contribution in [3.05, 3.63) is 0 Å². The van der Waals surface area contributed by atoms with Gasteiger partial charge in [0.05, 0.1) is 6.54 Å². The fourth-order valence-electron chi connectivity index (χ4n) is 1.41. The molecule has 1 aliphatic carbocycles. The number of rotatable bonds is 9. The highest BCUT2D eigenvalue weighted by Gasteiger charge is 2.20. The molecule has 4 nitrogen and oxygen atoms in total. The normalized spacial score (nSPS) is 15.4. The second kappa shape index (κ2) is 7.63. The van der Waals surface area contributed by atoms with Gasteiger partial charge in [-0.2, -0.15) is 0 Å². The Labute approximate surface area is 98.1 Å². The molecule has 2 N–H and O–H groups in total. The number of carbonyl (C=O) groups excluding carboxylic acids is 1. The van der Waals surface area contributed by atoms with Gasteiger partial charge in [0.25, 0.3) is 0 Å². The van der Waals surface area contributed by atoms with Gasteiger partial charge >= 0.3 is 0 Å². The highest BCUT2D eigenvalue weighted by Crippen LogP contribution is 2.28. The van der Waals surface area contributed by atoms with Crippen molar-refractivity contribution in [3.8, 4) is 0 Å². The first kappa shape index (κ1) is 13.5. The highest BCUT2D eigenvalue weighted by molar-refractivity contribution is 5.78. The van der Waals surface area contributed by atoms with Crippen LogP contribution >= 0.6 is 0 Å². The summed E-state index contributed by atoms with van der Waals surface area (Å²) in [5, 5.41) is 5.94. The van der Waals surface area contributed by atoms with Crippen LogP contribution in [0.15, 0.2) is 0 Å². The summed E-state index contributed by atoms with van der Waals surface area (Å²) in [7, 11) is 0. The van der Waals surface area contributed by atoms with Gasteiger partial charge in [-0.25, -0.2) is 0 Å². The van der Waals surface area contributed by atoms with Crippen molar-refractivity contribution in [3.63, 3.8) is 0 Å². The van der Waals surface area contributed by atoms with Crippen LogP contribution in [-0.2, 0) is 9.53 Å². The van der Waals surface area contributed by atoms with E-state index in [9.17, 15) is 4.79 Å². The lowest BCUT2D eigenvalue weighted by Gasteiger charge is -2.09. The number of carbonyl (C=O) groups is 1. The predicted molar refractivity (Wildman–Crippen MR) is 64.3 cm³/mol. The summed E-state index contributed by atoms with van der Waals surface area (Å²) >= 11 is 0. The minimum Gasteiger partial charge on any atom is -0.381 e. The molecule has 1 saturated carbocycles. The van der Waals surface area contributed by atoms with Gasteiger partial charge < -0.3 is 15.4 Å². The number of hydrogen-bond acceptors (Lipinski definition) is 3. The van der Waals surface area contributed by atoms with Crippen LogP contribution in [0.2, 0.25) is 0 Å². The summed E-state index contributed by atoms with van der Waals surface area (Å²) in [5.74, 6) is 0.902. The average molecular weight is 228 g/mol. The van der Waals surface area contributed by atoms with Crippen LogP contribution in [0.1, 0.15) is 33.1 Å². The molecule has 1 aliphatic rings. The largest absolute Gasteiger partial charge is 0.381 e. The topological polar surface area (TPSA) is 50.4 Å². The molecule has 4 heteroatoms. The van der Waals surface area contributed by atoms with Crippen LogP contribution in [0, 0.1) is 5.92 Å². The molecule has 0 spiro atoms. The van der Waals surface area contributed by atoms with Crippen molar-refractivity contribution in [2.45, 2.75) is 39.2 Å². The molecule has 1 rings (SSSR count). The molecule has 0 heterocycles. The van der Waals surface area contributed by atoms with Crippen LogP contribution < -0.4 is 10.6 Å². The third-order valence-electron chi connectivity index (χ3n) is 2.43. The van der Waals surface area contributed by atoms with Crippen LogP contribution in [0.25, 0.3) is 0 Å². The van der Waals surface area contributed by atoms with E-state index in [1.54, 1.807) is 0 Å². The van der Waals surface area contributed by atoms with Crippen molar-refractivity contribution in [2.75, 3.05) is 26.3 Å². The molecule has 16 heavy (non-hydrogen) atoms. The van der Waals surface area contributed by atoms with Crippen molar-refractivity contribution in [1.82, 2.24) is 10.6 Å². The van der Waals surface area contributed by atoms with Gasteiger partial charge in [-0.3, -0.25) is 4.79 Å². The lowest BCUT2D eigenvalue weighted by atomic mass is 10.4. The first-order valence-electron chi connectivity index (χ1n) is 6.26. The highest BCUT2D eigenvalue weighted by atomic mass is 16.5. The molecule has 0 aromatic heterocycles. The Kier molecular flexibility index (Phi) is 6.42. The molecule has 1 amide bonds. The Hall–Kier alpha value is -0.610. The van der Waals surface area contributed by atoms with E-state index in [1.807, 2.05) is 13.8 Å². The van der Waals surface area contributed by atoms with Crippen LogP contribution in [0.4, 0.5) is 0 Å².